The van der Waals surface area contributed by atoms with Gasteiger partial charge in [-0.2, -0.15) is 5.10 Å². The van der Waals surface area contributed by atoms with Gasteiger partial charge in [0.2, 0.25) is 0 Å². The molecule has 2 N–H and O–H groups in total. The summed E-state index contributed by atoms with van der Waals surface area (Å²) in [6.07, 6.45) is 4.86. The Bertz CT molecular complexity index is 662. The molecule has 21 heavy (non-hydrogen) atoms. The maximum absolute atomic E-state index is 6.73. The monoisotopic (exact) mass is 347 g/mol. The number of rotatable bonds is 3. The van der Waals surface area contributed by atoms with Crippen molar-refractivity contribution in [2.75, 3.05) is 0 Å². The van der Waals surface area contributed by atoms with Crippen LogP contribution in [0.15, 0.2) is 28.7 Å². The highest BCUT2D eigenvalue weighted by Gasteiger charge is 2.32. The molecule has 1 aliphatic rings. The summed E-state index contributed by atoms with van der Waals surface area (Å²) >= 11 is 3.71. The van der Waals surface area contributed by atoms with E-state index in [9.17, 15) is 0 Å². The van der Waals surface area contributed by atoms with E-state index in [4.69, 9.17) is 5.73 Å². The van der Waals surface area contributed by atoms with Crippen LogP contribution in [0.1, 0.15) is 35.9 Å². The molecule has 1 aromatic heterocycles. The Morgan fingerprint density at radius 2 is 2.05 bits per heavy atom. The number of fused-ring (bicyclic) bond motifs is 1. The molecule has 3 rings (SSSR count). The van der Waals surface area contributed by atoms with Crippen LogP contribution < -0.4 is 5.73 Å². The van der Waals surface area contributed by atoms with Crippen LogP contribution in [-0.4, -0.2) is 15.3 Å². The number of nitrogens with zero attached hydrogens (tertiary/aromatic N) is 2. The number of aromatic nitrogens is 2. The van der Waals surface area contributed by atoms with Crippen molar-refractivity contribution < 1.29 is 0 Å². The topological polar surface area (TPSA) is 43.8 Å². The van der Waals surface area contributed by atoms with Crippen molar-refractivity contribution in [1.29, 1.82) is 0 Å². The lowest BCUT2D eigenvalue weighted by molar-refractivity contribution is 0.360. The first-order valence-electron chi connectivity index (χ1n) is 7.58. The van der Waals surface area contributed by atoms with E-state index < -0.39 is 0 Å². The molecular weight excluding hydrogens is 326 g/mol. The summed E-state index contributed by atoms with van der Waals surface area (Å²) < 4.78 is 3.12. The number of benzene rings is 1. The normalized spacial score (nSPS) is 21.3. The Hall–Kier alpha value is -1.13. The summed E-state index contributed by atoms with van der Waals surface area (Å²) in [5, 5.41) is 4.58. The van der Waals surface area contributed by atoms with E-state index in [1.165, 1.54) is 16.8 Å². The number of nitrogens with two attached hydrogens (primary N) is 1. The zero-order valence-corrected chi connectivity index (χ0v) is 14.3. The Kier molecular flexibility index (Phi) is 3.93. The first kappa shape index (κ1) is 14.8. The summed E-state index contributed by atoms with van der Waals surface area (Å²) in [6.45, 7) is 2.13. The molecule has 0 saturated heterocycles. The maximum atomic E-state index is 6.73. The van der Waals surface area contributed by atoms with E-state index in [1.807, 2.05) is 11.7 Å². The summed E-state index contributed by atoms with van der Waals surface area (Å²) in [6, 6.07) is 8.67. The fourth-order valence-electron chi connectivity index (χ4n) is 3.32. The lowest BCUT2D eigenvalue weighted by Crippen LogP contribution is -2.47. The minimum absolute atomic E-state index is 0.171. The standard InChI is InChI=1S/C17H22BrN3/c1-3-14-16(18)15(21(2)20-14)11-17(19)9-8-12-6-4-5-7-13(12)10-17/h4-7H,3,8-11,19H2,1-2H3. The number of hydrogen-bond donors (Lipinski definition) is 1. The van der Waals surface area contributed by atoms with Crippen LogP contribution in [-0.2, 0) is 32.7 Å². The van der Waals surface area contributed by atoms with Crippen LogP contribution in [0, 0.1) is 0 Å². The Labute approximate surface area is 134 Å². The summed E-state index contributed by atoms with van der Waals surface area (Å²) in [4.78, 5) is 0. The van der Waals surface area contributed by atoms with Crippen molar-refractivity contribution in [3.8, 4) is 0 Å². The van der Waals surface area contributed by atoms with Crippen LogP contribution in [0.25, 0.3) is 0 Å². The molecule has 0 spiro atoms. The van der Waals surface area contributed by atoms with Crippen molar-refractivity contribution in [2.24, 2.45) is 12.8 Å². The van der Waals surface area contributed by atoms with E-state index in [2.05, 4.69) is 52.2 Å². The first-order chi connectivity index (χ1) is 10.0. The largest absolute Gasteiger partial charge is 0.324 e. The van der Waals surface area contributed by atoms with Gasteiger partial charge in [-0.25, -0.2) is 0 Å². The van der Waals surface area contributed by atoms with Crippen molar-refractivity contribution in [1.82, 2.24) is 9.78 Å². The molecule has 3 nitrogen and oxygen atoms in total. The maximum Gasteiger partial charge on any atom is 0.0766 e. The first-order valence-corrected chi connectivity index (χ1v) is 8.37. The zero-order chi connectivity index (χ0) is 15.0. The van der Waals surface area contributed by atoms with Crippen molar-refractivity contribution in [2.45, 2.75) is 44.6 Å². The second-order valence-electron chi connectivity index (χ2n) is 6.17. The molecule has 0 fully saturated rings. The Morgan fingerprint density at radius 3 is 2.71 bits per heavy atom. The third kappa shape index (κ3) is 2.79. The van der Waals surface area contributed by atoms with Gasteiger partial charge < -0.3 is 5.73 Å². The van der Waals surface area contributed by atoms with E-state index in [0.717, 1.165) is 42.3 Å². The molecule has 1 heterocycles. The van der Waals surface area contributed by atoms with Gasteiger partial charge in [0.05, 0.1) is 15.9 Å². The molecular formula is C17H22BrN3. The summed E-state index contributed by atoms with van der Waals surface area (Å²) in [5.41, 5.74) is 11.8. The minimum atomic E-state index is -0.171. The summed E-state index contributed by atoms with van der Waals surface area (Å²) in [5.74, 6) is 0. The van der Waals surface area contributed by atoms with Gasteiger partial charge in [-0.05, 0) is 52.7 Å². The predicted molar refractivity (Wildman–Crippen MR) is 89.4 cm³/mol. The van der Waals surface area contributed by atoms with Crippen LogP contribution in [0.3, 0.4) is 0 Å². The van der Waals surface area contributed by atoms with Gasteiger partial charge in [0.1, 0.15) is 0 Å². The number of hydrogen-bond acceptors (Lipinski definition) is 2. The fourth-order valence-corrected chi connectivity index (χ4v) is 4.08. The molecule has 2 aromatic rings. The van der Waals surface area contributed by atoms with Gasteiger partial charge in [-0.3, -0.25) is 4.68 Å². The molecule has 1 unspecified atom stereocenters. The van der Waals surface area contributed by atoms with Gasteiger partial charge in [0.15, 0.2) is 0 Å². The predicted octanol–water partition coefficient (Wildman–Crippen LogP) is 3.17. The van der Waals surface area contributed by atoms with E-state index in [-0.39, 0.29) is 5.54 Å². The molecule has 112 valence electrons. The van der Waals surface area contributed by atoms with Crippen LogP contribution in [0.5, 0.6) is 0 Å². The Morgan fingerprint density at radius 1 is 1.33 bits per heavy atom. The molecule has 4 heteroatoms. The molecule has 0 bridgehead atoms. The van der Waals surface area contributed by atoms with Gasteiger partial charge in [-0.15, -0.1) is 0 Å². The molecule has 0 aliphatic heterocycles. The quantitative estimate of drug-likeness (QED) is 0.926. The van der Waals surface area contributed by atoms with Gasteiger partial charge in [-0.1, -0.05) is 31.2 Å². The summed E-state index contributed by atoms with van der Waals surface area (Å²) in [7, 11) is 2.01. The van der Waals surface area contributed by atoms with Gasteiger partial charge in [0, 0.05) is 19.0 Å². The number of halogens is 1. The second-order valence-corrected chi connectivity index (χ2v) is 6.96. The highest BCUT2D eigenvalue weighted by molar-refractivity contribution is 9.10. The van der Waals surface area contributed by atoms with Crippen molar-refractivity contribution >= 4 is 15.9 Å². The molecule has 1 aliphatic carbocycles. The van der Waals surface area contributed by atoms with E-state index >= 15 is 0 Å². The molecule has 1 aromatic carbocycles. The average Bonchev–Trinajstić information content (AvgIpc) is 2.74. The van der Waals surface area contributed by atoms with Crippen molar-refractivity contribution in [3.05, 3.63) is 51.3 Å². The highest BCUT2D eigenvalue weighted by Crippen LogP contribution is 2.32. The fraction of sp³-hybridized carbons (Fsp3) is 0.471. The Balaban J connectivity index is 1.87. The second kappa shape index (κ2) is 5.58. The van der Waals surface area contributed by atoms with Gasteiger partial charge >= 0.3 is 0 Å². The molecule has 0 amide bonds. The van der Waals surface area contributed by atoms with Gasteiger partial charge in [0.25, 0.3) is 0 Å². The third-order valence-corrected chi connectivity index (χ3v) is 5.49. The van der Waals surface area contributed by atoms with Crippen LogP contribution in [0.2, 0.25) is 0 Å². The molecule has 1 atom stereocenters. The molecule has 0 radical (unpaired) electrons. The van der Waals surface area contributed by atoms with Crippen LogP contribution >= 0.6 is 15.9 Å². The minimum Gasteiger partial charge on any atom is -0.324 e. The lowest BCUT2D eigenvalue weighted by atomic mass is 9.76. The SMILES string of the molecule is CCc1nn(C)c(CC2(N)CCc3ccccc3C2)c1Br. The smallest absolute Gasteiger partial charge is 0.0766 e. The highest BCUT2D eigenvalue weighted by atomic mass is 79.9. The van der Waals surface area contributed by atoms with E-state index in [0.29, 0.717) is 0 Å². The molecule has 0 saturated carbocycles. The van der Waals surface area contributed by atoms with E-state index in [1.54, 1.807) is 0 Å². The zero-order valence-electron chi connectivity index (χ0n) is 12.7. The lowest BCUT2D eigenvalue weighted by Gasteiger charge is -2.35. The van der Waals surface area contributed by atoms with Crippen LogP contribution in [0.4, 0.5) is 0 Å². The third-order valence-electron chi connectivity index (χ3n) is 4.58. The number of aryl methyl sites for hydroxylation is 3. The average molecular weight is 348 g/mol. The van der Waals surface area contributed by atoms with Crippen molar-refractivity contribution in [3.63, 3.8) is 0 Å².